The summed E-state index contributed by atoms with van der Waals surface area (Å²) in [6.07, 6.45) is 7.03. The Morgan fingerprint density at radius 3 is 2.48 bits per heavy atom. The number of epoxide rings is 1. The van der Waals surface area contributed by atoms with Crippen molar-refractivity contribution in [1.82, 2.24) is 0 Å². The first kappa shape index (κ1) is 16.7. The zero-order valence-corrected chi connectivity index (χ0v) is 15.8. The molecule has 4 saturated carbocycles. The fraction of sp³-hybridized carbons (Fsp3) is 0.952. The molecule has 0 aromatic heterocycles. The Bertz CT molecular complexity index is 633. The molecule has 4 nitrogen and oxygen atoms in total. The highest BCUT2D eigenvalue weighted by Crippen LogP contribution is 2.74. The number of ketones is 1. The van der Waals surface area contributed by atoms with E-state index in [0.717, 1.165) is 44.9 Å². The Hall–Kier alpha value is -0.450. The molecule has 1 unspecified atom stereocenters. The van der Waals surface area contributed by atoms with Gasteiger partial charge in [-0.3, -0.25) is 4.79 Å². The summed E-state index contributed by atoms with van der Waals surface area (Å²) >= 11 is 0. The molecule has 140 valence electrons. The lowest BCUT2D eigenvalue weighted by molar-refractivity contribution is -0.223. The molecule has 5 rings (SSSR count). The van der Waals surface area contributed by atoms with Crippen molar-refractivity contribution in [2.24, 2.45) is 28.6 Å². The van der Waals surface area contributed by atoms with Crippen molar-refractivity contribution in [2.75, 3.05) is 0 Å². The van der Waals surface area contributed by atoms with Crippen LogP contribution in [0.25, 0.3) is 0 Å². The van der Waals surface area contributed by atoms with Crippen LogP contribution in [0, 0.1) is 28.6 Å². The van der Waals surface area contributed by atoms with E-state index in [4.69, 9.17) is 4.74 Å². The number of hydrogen-bond donors (Lipinski definition) is 2. The largest absolute Gasteiger partial charge is 0.393 e. The molecule has 5 fully saturated rings. The van der Waals surface area contributed by atoms with Crippen LogP contribution in [0.3, 0.4) is 0 Å². The van der Waals surface area contributed by atoms with Gasteiger partial charge in [-0.1, -0.05) is 13.8 Å². The maximum absolute atomic E-state index is 12.4. The summed E-state index contributed by atoms with van der Waals surface area (Å²) < 4.78 is 5.99. The summed E-state index contributed by atoms with van der Waals surface area (Å²) in [5.74, 6) is 1.87. The van der Waals surface area contributed by atoms with Crippen molar-refractivity contribution in [3.63, 3.8) is 0 Å². The molecule has 0 spiro atoms. The highest BCUT2D eigenvalue weighted by atomic mass is 16.6. The monoisotopic (exact) mass is 348 g/mol. The van der Waals surface area contributed by atoms with Gasteiger partial charge in [0.2, 0.25) is 0 Å². The normalized spacial score (nSPS) is 62.4. The van der Waals surface area contributed by atoms with E-state index in [-0.39, 0.29) is 28.8 Å². The van der Waals surface area contributed by atoms with Crippen molar-refractivity contribution < 1.29 is 19.7 Å². The number of aliphatic hydroxyl groups excluding tert-OH is 1. The van der Waals surface area contributed by atoms with E-state index in [2.05, 4.69) is 13.8 Å². The molecular weight excluding hydrogens is 316 g/mol. The van der Waals surface area contributed by atoms with Crippen molar-refractivity contribution in [2.45, 2.75) is 95.5 Å². The second-order valence-corrected chi connectivity index (χ2v) is 10.4. The van der Waals surface area contributed by atoms with Crippen molar-refractivity contribution >= 4 is 5.78 Å². The predicted octanol–water partition coefficient (Wildman–Crippen LogP) is 2.84. The first-order valence-corrected chi connectivity index (χ1v) is 10.3. The molecule has 1 aliphatic heterocycles. The minimum absolute atomic E-state index is 0.0232. The predicted molar refractivity (Wildman–Crippen MR) is 92.9 cm³/mol. The molecule has 4 aliphatic carbocycles. The topological polar surface area (TPSA) is 70.1 Å². The van der Waals surface area contributed by atoms with Crippen LogP contribution >= 0.6 is 0 Å². The molecule has 0 bridgehead atoms. The van der Waals surface area contributed by atoms with Crippen LogP contribution in [0.5, 0.6) is 0 Å². The maximum Gasteiger partial charge on any atom is 0.164 e. The molecule has 25 heavy (non-hydrogen) atoms. The Balaban J connectivity index is 1.50. The number of rotatable bonds is 1. The molecule has 1 heterocycles. The zero-order valence-electron chi connectivity index (χ0n) is 15.8. The average Bonchev–Trinajstić information content (AvgIpc) is 3.22. The van der Waals surface area contributed by atoms with Gasteiger partial charge in [0.15, 0.2) is 11.4 Å². The van der Waals surface area contributed by atoms with Gasteiger partial charge in [-0.2, -0.15) is 0 Å². The SMILES string of the molecule is CC(=O)[C@@]12O[C@@H]1C[C@H]1[C@@H]3CC[C@@]4(O)CC(O)CC[C@]4(C)[C@H]3CC[C@@]12C. The van der Waals surface area contributed by atoms with Gasteiger partial charge >= 0.3 is 0 Å². The molecule has 0 aromatic carbocycles. The summed E-state index contributed by atoms with van der Waals surface area (Å²) in [6.45, 7) is 6.30. The van der Waals surface area contributed by atoms with Crippen molar-refractivity contribution in [1.29, 1.82) is 0 Å². The fourth-order valence-electron chi connectivity index (χ4n) is 8.29. The molecule has 0 aromatic rings. The fourth-order valence-corrected chi connectivity index (χ4v) is 8.29. The number of aliphatic hydroxyl groups is 2. The number of ether oxygens (including phenoxy) is 1. The summed E-state index contributed by atoms with van der Waals surface area (Å²) in [6, 6.07) is 0. The maximum atomic E-state index is 12.4. The van der Waals surface area contributed by atoms with Gasteiger partial charge in [-0.25, -0.2) is 0 Å². The molecule has 0 radical (unpaired) electrons. The van der Waals surface area contributed by atoms with E-state index in [1.165, 1.54) is 0 Å². The van der Waals surface area contributed by atoms with Crippen LogP contribution in [0.2, 0.25) is 0 Å². The summed E-state index contributed by atoms with van der Waals surface area (Å²) in [7, 11) is 0. The molecular formula is C21H32O4. The minimum Gasteiger partial charge on any atom is -0.393 e. The standard InChI is InChI=1S/C21H32O4/c1-12(22)21-17(25-21)10-16-14-5-9-20(24)11-13(23)4-7-18(20,2)15(14)6-8-19(16,21)3/h13-17,23-24H,4-11H2,1-3H3/t13?,14-,15+,16+,17-,18-,19+,20-,21-/m1/s1. The zero-order chi connectivity index (χ0) is 17.8. The van der Waals surface area contributed by atoms with Crippen molar-refractivity contribution in [3.05, 3.63) is 0 Å². The van der Waals surface area contributed by atoms with Crippen LogP contribution in [-0.4, -0.2) is 39.4 Å². The van der Waals surface area contributed by atoms with Gasteiger partial charge in [0.25, 0.3) is 0 Å². The Morgan fingerprint density at radius 1 is 1.04 bits per heavy atom. The van der Waals surface area contributed by atoms with Gasteiger partial charge in [0.05, 0.1) is 17.8 Å². The molecule has 4 heteroatoms. The number of fused-ring (bicyclic) bond motifs is 7. The average molecular weight is 348 g/mol. The summed E-state index contributed by atoms with van der Waals surface area (Å²) in [4.78, 5) is 12.4. The molecule has 2 N–H and O–H groups in total. The lowest BCUT2D eigenvalue weighted by atomic mass is 9.43. The van der Waals surface area contributed by atoms with Gasteiger partial charge in [0.1, 0.15) is 0 Å². The van der Waals surface area contributed by atoms with Crippen LogP contribution < -0.4 is 0 Å². The van der Waals surface area contributed by atoms with E-state index in [0.29, 0.717) is 24.2 Å². The number of hydrogen-bond acceptors (Lipinski definition) is 4. The Labute approximate surface area is 150 Å². The van der Waals surface area contributed by atoms with Gasteiger partial charge in [0, 0.05) is 11.8 Å². The molecule has 1 saturated heterocycles. The van der Waals surface area contributed by atoms with Crippen LogP contribution in [0.1, 0.15) is 72.1 Å². The van der Waals surface area contributed by atoms with Crippen LogP contribution in [0.15, 0.2) is 0 Å². The molecule has 0 amide bonds. The van der Waals surface area contributed by atoms with Crippen LogP contribution in [0.4, 0.5) is 0 Å². The second-order valence-electron chi connectivity index (χ2n) is 10.4. The van der Waals surface area contributed by atoms with E-state index in [1.807, 2.05) is 0 Å². The lowest BCUT2D eigenvalue weighted by Gasteiger charge is -2.64. The highest BCUT2D eigenvalue weighted by molar-refractivity contribution is 5.90. The third-order valence-electron chi connectivity index (χ3n) is 9.73. The minimum atomic E-state index is -0.712. The van der Waals surface area contributed by atoms with Gasteiger partial charge < -0.3 is 14.9 Å². The lowest BCUT2D eigenvalue weighted by Crippen LogP contribution is -2.63. The first-order valence-electron chi connectivity index (χ1n) is 10.3. The number of carbonyl (C=O) groups is 1. The summed E-state index contributed by atoms with van der Waals surface area (Å²) in [5, 5.41) is 21.6. The van der Waals surface area contributed by atoms with E-state index >= 15 is 0 Å². The molecule has 9 atom stereocenters. The third-order valence-corrected chi connectivity index (χ3v) is 9.73. The van der Waals surface area contributed by atoms with Gasteiger partial charge in [-0.05, 0) is 75.0 Å². The highest BCUT2D eigenvalue weighted by Gasteiger charge is 2.79. The van der Waals surface area contributed by atoms with E-state index < -0.39 is 11.2 Å². The van der Waals surface area contributed by atoms with Crippen LogP contribution in [-0.2, 0) is 9.53 Å². The second kappa shape index (κ2) is 4.69. The third kappa shape index (κ3) is 1.73. The molecule has 5 aliphatic rings. The Morgan fingerprint density at radius 2 is 1.76 bits per heavy atom. The van der Waals surface area contributed by atoms with Crippen molar-refractivity contribution in [3.8, 4) is 0 Å². The van der Waals surface area contributed by atoms with E-state index in [1.54, 1.807) is 6.92 Å². The summed E-state index contributed by atoms with van der Waals surface area (Å²) in [5.41, 5.74) is -1.33. The number of Topliss-reactive ketones (excluding diaryl/α,β-unsaturated/α-hetero) is 1. The Kier molecular flexibility index (Phi) is 3.13. The van der Waals surface area contributed by atoms with Gasteiger partial charge in [-0.15, -0.1) is 0 Å². The first-order chi connectivity index (χ1) is 11.7. The quantitative estimate of drug-likeness (QED) is 0.715. The smallest absolute Gasteiger partial charge is 0.164 e. The number of carbonyl (C=O) groups excluding carboxylic acids is 1. The van der Waals surface area contributed by atoms with E-state index in [9.17, 15) is 15.0 Å².